The Kier molecular flexibility index (Phi) is 5.31. The minimum Gasteiger partial charge on any atom is -0.496 e. The van der Waals surface area contributed by atoms with E-state index >= 15 is 0 Å². The molecular weight excluding hydrogens is 336 g/mol. The molecule has 0 heterocycles. The van der Waals surface area contributed by atoms with E-state index in [4.69, 9.17) is 16.3 Å². The van der Waals surface area contributed by atoms with Crippen LogP contribution in [-0.4, -0.2) is 19.2 Å². The van der Waals surface area contributed by atoms with Gasteiger partial charge in [0.05, 0.1) is 19.7 Å². The van der Waals surface area contributed by atoms with Crippen molar-refractivity contribution in [2.45, 2.75) is 6.42 Å². The van der Waals surface area contributed by atoms with Crippen LogP contribution in [0.2, 0.25) is 5.02 Å². The lowest BCUT2D eigenvalue weighted by atomic mass is 10.0. The molecule has 3 rings (SSSR count). The molecule has 0 radical (unpaired) electrons. The Bertz CT molecular complexity index is 933. The van der Waals surface area contributed by atoms with Gasteiger partial charge in [-0.05, 0) is 34.5 Å². The number of methoxy groups -OCH3 is 1. The molecule has 126 valence electrons. The minimum absolute atomic E-state index is 0.186. The second kappa shape index (κ2) is 7.81. The Morgan fingerprint density at radius 2 is 1.96 bits per heavy atom. The quantitative estimate of drug-likeness (QED) is 0.552. The SMILES string of the molecule is COc1ccc(Cl)cc1/C=N\NC(=O)Cc1cccc2ccccc12. The van der Waals surface area contributed by atoms with Crippen LogP contribution in [-0.2, 0) is 11.2 Å². The molecule has 0 spiro atoms. The predicted octanol–water partition coefficient (Wildman–Crippen LogP) is 4.19. The summed E-state index contributed by atoms with van der Waals surface area (Å²) in [6, 6.07) is 19.1. The number of nitrogens with one attached hydrogen (secondary N) is 1. The third-order valence-corrected chi connectivity index (χ3v) is 4.05. The molecule has 0 bridgehead atoms. The van der Waals surface area contributed by atoms with E-state index in [0.717, 1.165) is 16.3 Å². The largest absolute Gasteiger partial charge is 0.496 e. The van der Waals surface area contributed by atoms with E-state index in [0.29, 0.717) is 16.3 Å². The molecule has 1 amide bonds. The van der Waals surface area contributed by atoms with Crippen molar-refractivity contribution < 1.29 is 9.53 Å². The van der Waals surface area contributed by atoms with Crippen LogP contribution in [0, 0.1) is 0 Å². The van der Waals surface area contributed by atoms with Crippen LogP contribution in [0.15, 0.2) is 65.8 Å². The van der Waals surface area contributed by atoms with Crippen LogP contribution in [0.4, 0.5) is 0 Å². The van der Waals surface area contributed by atoms with Gasteiger partial charge in [-0.1, -0.05) is 54.1 Å². The Hall–Kier alpha value is -2.85. The number of rotatable bonds is 5. The summed E-state index contributed by atoms with van der Waals surface area (Å²) >= 11 is 5.97. The van der Waals surface area contributed by atoms with E-state index in [1.165, 1.54) is 6.21 Å². The van der Waals surface area contributed by atoms with E-state index in [1.54, 1.807) is 25.3 Å². The number of hydrogen-bond acceptors (Lipinski definition) is 3. The topological polar surface area (TPSA) is 50.7 Å². The molecule has 0 aliphatic heterocycles. The van der Waals surface area contributed by atoms with Crippen molar-refractivity contribution in [2.24, 2.45) is 5.10 Å². The third-order valence-electron chi connectivity index (χ3n) is 3.82. The highest BCUT2D eigenvalue weighted by molar-refractivity contribution is 6.30. The van der Waals surface area contributed by atoms with Crippen LogP contribution in [0.1, 0.15) is 11.1 Å². The number of ether oxygens (including phenoxy) is 1. The number of carbonyl (C=O) groups is 1. The first-order valence-electron chi connectivity index (χ1n) is 7.79. The van der Waals surface area contributed by atoms with Crippen LogP contribution in [0.3, 0.4) is 0 Å². The monoisotopic (exact) mass is 352 g/mol. The van der Waals surface area contributed by atoms with Gasteiger partial charge in [0.15, 0.2) is 0 Å². The molecule has 0 fully saturated rings. The number of amides is 1. The van der Waals surface area contributed by atoms with E-state index in [2.05, 4.69) is 10.5 Å². The van der Waals surface area contributed by atoms with Gasteiger partial charge in [-0.2, -0.15) is 5.10 Å². The van der Waals surface area contributed by atoms with Gasteiger partial charge in [0.25, 0.3) is 0 Å². The number of hydrogen-bond donors (Lipinski definition) is 1. The molecule has 0 atom stereocenters. The van der Waals surface area contributed by atoms with Crippen molar-refractivity contribution in [3.05, 3.63) is 76.8 Å². The molecule has 1 N–H and O–H groups in total. The number of hydrazone groups is 1. The zero-order chi connectivity index (χ0) is 17.6. The Labute approximate surface area is 151 Å². The molecule has 3 aromatic rings. The third kappa shape index (κ3) is 4.17. The second-order valence-corrected chi connectivity index (χ2v) is 5.93. The standard InChI is InChI=1S/C20H17ClN2O2/c1-25-19-10-9-17(21)11-16(19)13-22-23-20(24)12-15-7-4-6-14-5-2-3-8-18(14)15/h2-11,13H,12H2,1H3,(H,23,24)/b22-13-. The molecule has 0 aliphatic carbocycles. The fraction of sp³-hybridized carbons (Fsp3) is 0.100. The highest BCUT2D eigenvalue weighted by Gasteiger charge is 2.06. The maximum Gasteiger partial charge on any atom is 0.244 e. The highest BCUT2D eigenvalue weighted by atomic mass is 35.5. The molecule has 25 heavy (non-hydrogen) atoms. The van der Waals surface area contributed by atoms with Crippen molar-refractivity contribution in [3.63, 3.8) is 0 Å². The zero-order valence-electron chi connectivity index (χ0n) is 13.7. The first-order chi connectivity index (χ1) is 12.2. The molecule has 0 unspecified atom stereocenters. The highest BCUT2D eigenvalue weighted by Crippen LogP contribution is 2.21. The Morgan fingerprint density at radius 3 is 2.80 bits per heavy atom. The Balaban J connectivity index is 1.70. The summed E-state index contributed by atoms with van der Waals surface area (Å²) in [4.78, 5) is 12.2. The van der Waals surface area contributed by atoms with Crippen molar-refractivity contribution >= 4 is 34.5 Å². The molecular formula is C20H17ClN2O2. The zero-order valence-corrected chi connectivity index (χ0v) is 14.5. The predicted molar refractivity (Wildman–Crippen MR) is 101 cm³/mol. The average Bonchev–Trinajstić information content (AvgIpc) is 2.62. The van der Waals surface area contributed by atoms with Crippen molar-refractivity contribution in [1.82, 2.24) is 5.43 Å². The van der Waals surface area contributed by atoms with E-state index in [9.17, 15) is 4.79 Å². The van der Waals surface area contributed by atoms with E-state index in [1.807, 2.05) is 42.5 Å². The fourth-order valence-corrected chi connectivity index (χ4v) is 2.82. The maximum absolute atomic E-state index is 12.2. The second-order valence-electron chi connectivity index (χ2n) is 5.49. The normalized spacial score (nSPS) is 11.0. The molecule has 0 saturated heterocycles. The number of carbonyl (C=O) groups excluding carboxylic acids is 1. The maximum atomic E-state index is 12.2. The lowest BCUT2D eigenvalue weighted by Crippen LogP contribution is -2.19. The van der Waals surface area contributed by atoms with Crippen LogP contribution < -0.4 is 10.2 Å². The van der Waals surface area contributed by atoms with Gasteiger partial charge in [-0.25, -0.2) is 5.43 Å². The number of nitrogens with zero attached hydrogens (tertiary/aromatic N) is 1. The van der Waals surface area contributed by atoms with Crippen molar-refractivity contribution in [3.8, 4) is 5.75 Å². The molecule has 3 aromatic carbocycles. The summed E-state index contributed by atoms with van der Waals surface area (Å²) in [6.07, 6.45) is 1.77. The first kappa shape index (κ1) is 17.0. The number of fused-ring (bicyclic) bond motifs is 1. The number of benzene rings is 3. The van der Waals surface area contributed by atoms with Gasteiger partial charge < -0.3 is 4.74 Å². The van der Waals surface area contributed by atoms with Crippen molar-refractivity contribution in [2.75, 3.05) is 7.11 Å². The summed E-state index contributed by atoms with van der Waals surface area (Å²) in [5.41, 5.74) is 4.21. The molecule has 0 aliphatic rings. The molecule has 0 aromatic heterocycles. The molecule has 4 nitrogen and oxygen atoms in total. The summed E-state index contributed by atoms with van der Waals surface area (Å²) in [6.45, 7) is 0. The fourth-order valence-electron chi connectivity index (χ4n) is 2.64. The van der Waals surface area contributed by atoms with E-state index < -0.39 is 0 Å². The summed E-state index contributed by atoms with van der Waals surface area (Å²) < 4.78 is 5.24. The van der Waals surface area contributed by atoms with Gasteiger partial charge in [0.1, 0.15) is 5.75 Å². The van der Waals surface area contributed by atoms with Crippen LogP contribution in [0.25, 0.3) is 10.8 Å². The van der Waals surface area contributed by atoms with Crippen LogP contribution in [0.5, 0.6) is 5.75 Å². The summed E-state index contributed by atoms with van der Waals surface area (Å²) in [5, 5.41) is 6.76. The summed E-state index contributed by atoms with van der Waals surface area (Å²) in [7, 11) is 1.57. The minimum atomic E-state index is -0.186. The smallest absolute Gasteiger partial charge is 0.244 e. The van der Waals surface area contributed by atoms with Gasteiger partial charge >= 0.3 is 0 Å². The lowest BCUT2D eigenvalue weighted by molar-refractivity contribution is -0.120. The van der Waals surface area contributed by atoms with Gasteiger partial charge in [-0.3, -0.25) is 4.79 Å². The lowest BCUT2D eigenvalue weighted by Gasteiger charge is -2.06. The molecule has 5 heteroatoms. The van der Waals surface area contributed by atoms with Gasteiger partial charge in [-0.15, -0.1) is 0 Å². The van der Waals surface area contributed by atoms with Crippen molar-refractivity contribution in [1.29, 1.82) is 0 Å². The van der Waals surface area contributed by atoms with Gasteiger partial charge in [0, 0.05) is 10.6 Å². The summed E-state index contributed by atoms with van der Waals surface area (Å²) in [5.74, 6) is 0.449. The first-order valence-corrected chi connectivity index (χ1v) is 8.17. The Morgan fingerprint density at radius 1 is 1.16 bits per heavy atom. The average molecular weight is 353 g/mol. The van der Waals surface area contributed by atoms with Crippen LogP contribution >= 0.6 is 11.6 Å². The van der Waals surface area contributed by atoms with Gasteiger partial charge in [0.2, 0.25) is 5.91 Å². The molecule has 0 saturated carbocycles. The van der Waals surface area contributed by atoms with E-state index in [-0.39, 0.29) is 12.3 Å². The number of halogens is 1.